The van der Waals surface area contributed by atoms with Crippen molar-refractivity contribution in [1.29, 1.82) is 0 Å². The molecule has 0 saturated carbocycles. The Hall–Kier alpha value is 1.48. The third-order valence-electron chi connectivity index (χ3n) is 1.11. The molecule has 0 rings (SSSR count). The molecular weight excluding hydrogens is 285 g/mol. The van der Waals surface area contributed by atoms with Crippen molar-refractivity contribution in [3.63, 3.8) is 0 Å². The standard InChI is InChI=1S/C6H6Cl6/c7-2-1-3(8)4(9)5(10)6(11)12/h1-6H. The Balaban J connectivity index is 4.08. The molecular formula is C6H6Cl6. The van der Waals surface area contributed by atoms with E-state index in [2.05, 4.69) is 0 Å². The topological polar surface area (TPSA) is 0 Å². The summed E-state index contributed by atoms with van der Waals surface area (Å²) in [5.74, 6) is 0. The van der Waals surface area contributed by atoms with Crippen LogP contribution in [0.15, 0.2) is 11.6 Å². The van der Waals surface area contributed by atoms with E-state index in [0.29, 0.717) is 0 Å². The molecule has 0 saturated heterocycles. The molecule has 0 amide bonds. The minimum atomic E-state index is -0.751. The number of rotatable bonds is 4. The zero-order valence-corrected chi connectivity index (χ0v) is 10.3. The van der Waals surface area contributed by atoms with Crippen LogP contribution in [-0.4, -0.2) is 21.0 Å². The first kappa shape index (κ1) is 13.5. The lowest BCUT2D eigenvalue weighted by molar-refractivity contribution is 0.821. The van der Waals surface area contributed by atoms with Crippen LogP contribution in [0.3, 0.4) is 0 Å². The molecule has 0 radical (unpaired) electrons. The largest absolute Gasteiger partial charge is 0.125 e. The third kappa shape index (κ3) is 4.64. The first-order chi connectivity index (χ1) is 5.50. The number of alkyl halides is 5. The predicted molar refractivity (Wildman–Crippen MR) is 59.4 cm³/mol. The molecule has 0 fully saturated rings. The van der Waals surface area contributed by atoms with E-state index in [1.165, 1.54) is 11.6 Å². The SMILES string of the molecule is ClC=CC(Cl)C(Cl)C(Cl)C(Cl)Cl. The van der Waals surface area contributed by atoms with Crippen LogP contribution >= 0.6 is 69.6 Å². The molecule has 0 N–H and O–H groups in total. The van der Waals surface area contributed by atoms with Gasteiger partial charge in [-0.2, -0.15) is 0 Å². The second kappa shape index (κ2) is 6.86. The van der Waals surface area contributed by atoms with Crippen molar-refractivity contribution in [2.45, 2.75) is 21.0 Å². The van der Waals surface area contributed by atoms with Gasteiger partial charge in [0.15, 0.2) is 0 Å². The summed E-state index contributed by atoms with van der Waals surface area (Å²) in [6.07, 6.45) is 1.51. The molecule has 0 aromatic heterocycles. The fraction of sp³-hybridized carbons (Fsp3) is 0.667. The van der Waals surface area contributed by atoms with Crippen LogP contribution in [-0.2, 0) is 0 Å². The lowest BCUT2D eigenvalue weighted by atomic mass is 10.2. The quantitative estimate of drug-likeness (QED) is 0.675. The summed E-state index contributed by atoms with van der Waals surface area (Å²) in [6.45, 7) is 0. The van der Waals surface area contributed by atoms with Crippen LogP contribution in [0.25, 0.3) is 0 Å². The summed E-state index contributed by atoms with van der Waals surface area (Å²) in [6, 6.07) is 0. The Kier molecular flexibility index (Phi) is 7.71. The monoisotopic (exact) mass is 288 g/mol. The second-order valence-corrected chi connectivity index (χ2v) is 4.91. The fourth-order valence-electron chi connectivity index (χ4n) is 0.490. The Bertz CT molecular complexity index is 145. The Labute approximate surface area is 102 Å². The van der Waals surface area contributed by atoms with Crippen molar-refractivity contribution in [3.05, 3.63) is 11.6 Å². The van der Waals surface area contributed by atoms with Gasteiger partial charge >= 0.3 is 0 Å². The lowest BCUT2D eigenvalue weighted by Crippen LogP contribution is -2.28. The highest BCUT2D eigenvalue weighted by Crippen LogP contribution is 2.26. The second-order valence-electron chi connectivity index (χ2n) is 1.99. The molecule has 0 aliphatic rings. The summed E-state index contributed by atoms with van der Waals surface area (Å²) >= 11 is 33.6. The summed E-state index contributed by atoms with van der Waals surface area (Å²) in [5, 5.41) is -1.64. The average molecular weight is 291 g/mol. The normalized spacial score (nSPS) is 19.9. The summed E-state index contributed by atoms with van der Waals surface area (Å²) in [7, 11) is 0. The van der Waals surface area contributed by atoms with E-state index in [1.807, 2.05) is 0 Å². The molecule has 0 aromatic rings. The van der Waals surface area contributed by atoms with Gasteiger partial charge in [-0.3, -0.25) is 0 Å². The zero-order valence-electron chi connectivity index (χ0n) is 5.73. The molecule has 3 atom stereocenters. The Morgan fingerprint density at radius 1 is 0.833 bits per heavy atom. The van der Waals surface area contributed by atoms with E-state index in [0.717, 1.165) is 0 Å². The molecule has 0 bridgehead atoms. The molecule has 0 heterocycles. The Morgan fingerprint density at radius 3 is 1.67 bits per heavy atom. The number of hydrogen-bond acceptors (Lipinski definition) is 0. The highest BCUT2D eigenvalue weighted by atomic mass is 35.5. The van der Waals surface area contributed by atoms with Gasteiger partial charge in [0.05, 0.1) is 16.1 Å². The van der Waals surface area contributed by atoms with Gasteiger partial charge in [-0.05, 0) is 0 Å². The minimum absolute atomic E-state index is 0.480. The first-order valence-corrected chi connectivity index (χ1v) is 5.59. The maximum Gasteiger partial charge on any atom is 0.125 e. The van der Waals surface area contributed by atoms with E-state index in [-0.39, 0.29) is 0 Å². The predicted octanol–water partition coefficient (Wildman–Crippen LogP) is 4.36. The number of hydrogen-bond donors (Lipinski definition) is 0. The van der Waals surface area contributed by atoms with E-state index < -0.39 is 21.0 Å². The molecule has 72 valence electrons. The van der Waals surface area contributed by atoms with Gasteiger partial charge in [0.1, 0.15) is 4.84 Å². The maximum absolute atomic E-state index is 5.81. The van der Waals surface area contributed by atoms with Gasteiger partial charge in [0.25, 0.3) is 0 Å². The smallest absolute Gasteiger partial charge is 0.119 e. The molecule has 12 heavy (non-hydrogen) atoms. The molecule has 0 aromatic carbocycles. The van der Waals surface area contributed by atoms with Crippen molar-refractivity contribution in [2.75, 3.05) is 0 Å². The van der Waals surface area contributed by atoms with E-state index in [1.54, 1.807) is 0 Å². The lowest BCUT2D eigenvalue weighted by Gasteiger charge is -2.18. The number of allylic oxidation sites excluding steroid dienone is 1. The maximum atomic E-state index is 5.81. The minimum Gasteiger partial charge on any atom is -0.119 e. The summed E-state index contributed by atoms with van der Waals surface area (Å²) in [4.78, 5) is -0.751. The van der Waals surface area contributed by atoms with Crippen LogP contribution in [0.1, 0.15) is 0 Å². The highest BCUT2D eigenvalue weighted by Gasteiger charge is 2.27. The van der Waals surface area contributed by atoms with Crippen molar-refractivity contribution in [2.24, 2.45) is 0 Å². The summed E-state index contributed by atoms with van der Waals surface area (Å²) < 4.78 is 0. The van der Waals surface area contributed by atoms with Crippen molar-refractivity contribution in [1.82, 2.24) is 0 Å². The van der Waals surface area contributed by atoms with Crippen LogP contribution in [0.5, 0.6) is 0 Å². The molecule has 0 nitrogen and oxygen atoms in total. The number of halogens is 6. The third-order valence-corrected chi connectivity index (χ3v) is 3.79. The van der Waals surface area contributed by atoms with Gasteiger partial charge < -0.3 is 0 Å². The Morgan fingerprint density at radius 2 is 1.33 bits per heavy atom. The van der Waals surface area contributed by atoms with Gasteiger partial charge in [-0.1, -0.05) is 17.7 Å². The van der Waals surface area contributed by atoms with Crippen molar-refractivity contribution >= 4 is 69.6 Å². The van der Waals surface area contributed by atoms with E-state index >= 15 is 0 Å². The van der Waals surface area contributed by atoms with E-state index in [4.69, 9.17) is 69.6 Å². The molecule has 0 aliphatic carbocycles. The van der Waals surface area contributed by atoms with Gasteiger partial charge in [0.2, 0.25) is 0 Å². The molecule has 0 spiro atoms. The summed E-state index contributed by atoms with van der Waals surface area (Å²) in [5.41, 5.74) is 1.27. The van der Waals surface area contributed by atoms with Gasteiger partial charge in [-0.25, -0.2) is 0 Å². The van der Waals surface area contributed by atoms with Crippen LogP contribution in [0.2, 0.25) is 0 Å². The van der Waals surface area contributed by atoms with Crippen LogP contribution in [0.4, 0.5) is 0 Å². The average Bonchev–Trinajstić information content (AvgIpc) is 2.02. The van der Waals surface area contributed by atoms with Crippen LogP contribution in [0, 0.1) is 0 Å². The van der Waals surface area contributed by atoms with Gasteiger partial charge in [-0.15, -0.1) is 58.0 Å². The van der Waals surface area contributed by atoms with Crippen LogP contribution < -0.4 is 0 Å². The van der Waals surface area contributed by atoms with Gasteiger partial charge in [0, 0.05) is 5.54 Å². The highest BCUT2D eigenvalue weighted by molar-refractivity contribution is 6.50. The first-order valence-electron chi connectivity index (χ1n) is 2.98. The molecule has 0 aliphatic heterocycles. The molecule has 6 heteroatoms. The van der Waals surface area contributed by atoms with Crippen molar-refractivity contribution < 1.29 is 0 Å². The zero-order chi connectivity index (χ0) is 9.72. The fourth-order valence-corrected chi connectivity index (χ4v) is 1.87. The molecule has 3 unspecified atom stereocenters. The van der Waals surface area contributed by atoms with E-state index in [9.17, 15) is 0 Å². The van der Waals surface area contributed by atoms with Crippen molar-refractivity contribution in [3.8, 4) is 0 Å².